The quantitative estimate of drug-likeness (QED) is 0.764. The lowest BCUT2D eigenvalue weighted by Crippen LogP contribution is -2.09. The lowest BCUT2D eigenvalue weighted by Gasteiger charge is -2.05. The molecule has 0 radical (unpaired) electrons. The molecule has 19 heavy (non-hydrogen) atoms. The van der Waals surface area contributed by atoms with Crippen LogP contribution in [-0.4, -0.2) is 12.4 Å². The van der Waals surface area contributed by atoms with Gasteiger partial charge in [0.05, 0.1) is 6.61 Å². The molecule has 0 aliphatic carbocycles. The minimum Gasteiger partial charge on any atom is -0.369 e. The van der Waals surface area contributed by atoms with Crippen molar-refractivity contribution < 1.29 is 9.53 Å². The van der Waals surface area contributed by atoms with E-state index in [4.69, 9.17) is 27.9 Å². The van der Waals surface area contributed by atoms with E-state index in [2.05, 4.69) is 0 Å². The second-order valence-electron chi connectivity index (χ2n) is 4.06. The van der Waals surface area contributed by atoms with Crippen molar-refractivity contribution in [1.29, 1.82) is 0 Å². The van der Waals surface area contributed by atoms with Crippen LogP contribution in [0.1, 0.15) is 15.9 Å². The Balaban J connectivity index is 1.87. The summed E-state index contributed by atoms with van der Waals surface area (Å²) < 4.78 is 5.38. The summed E-state index contributed by atoms with van der Waals surface area (Å²) in [6.45, 7) is 0.375. The van der Waals surface area contributed by atoms with Gasteiger partial charge in [-0.25, -0.2) is 0 Å². The molecular formula is C15H12Cl2O2. The number of ether oxygens (including phenoxy) is 1. The van der Waals surface area contributed by atoms with Crippen molar-refractivity contribution in [2.24, 2.45) is 0 Å². The van der Waals surface area contributed by atoms with E-state index in [9.17, 15) is 4.79 Å². The summed E-state index contributed by atoms with van der Waals surface area (Å²) in [7, 11) is 0. The van der Waals surface area contributed by atoms with Crippen molar-refractivity contribution in [1.82, 2.24) is 0 Å². The Kier molecular flexibility index (Phi) is 4.97. The molecular weight excluding hydrogens is 283 g/mol. The Morgan fingerprint density at radius 2 is 1.68 bits per heavy atom. The first kappa shape index (κ1) is 14.1. The van der Waals surface area contributed by atoms with E-state index in [1.807, 2.05) is 18.2 Å². The number of hydrogen-bond donors (Lipinski definition) is 0. The van der Waals surface area contributed by atoms with E-state index in [0.717, 1.165) is 5.56 Å². The van der Waals surface area contributed by atoms with Crippen LogP contribution in [0.25, 0.3) is 0 Å². The number of Topliss-reactive ketones (excluding diaryl/α,β-unsaturated/α-hetero) is 1. The molecule has 0 aliphatic heterocycles. The molecule has 98 valence electrons. The summed E-state index contributed by atoms with van der Waals surface area (Å²) >= 11 is 11.7. The Bertz CT molecular complexity index is 582. The van der Waals surface area contributed by atoms with Crippen LogP contribution < -0.4 is 0 Å². The van der Waals surface area contributed by atoms with Crippen molar-refractivity contribution in [3.63, 3.8) is 0 Å². The second-order valence-corrected chi connectivity index (χ2v) is 4.93. The van der Waals surface area contributed by atoms with Gasteiger partial charge in [-0.15, -0.1) is 0 Å². The van der Waals surface area contributed by atoms with Crippen molar-refractivity contribution in [3.05, 3.63) is 69.7 Å². The van der Waals surface area contributed by atoms with Gasteiger partial charge in [-0.05, 0) is 29.8 Å². The summed E-state index contributed by atoms with van der Waals surface area (Å²) in [4.78, 5) is 11.8. The highest BCUT2D eigenvalue weighted by atomic mass is 35.5. The third-order valence-corrected chi connectivity index (χ3v) is 3.01. The Hall–Kier alpha value is -1.35. The van der Waals surface area contributed by atoms with Crippen molar-refractivity contribution in [2.45, 2.75) is 6.61 Å². The predicted molar refractivity (Wildman–Crippen MR) is 76.9 cm³/mol. The van der Waals surface area contributed by atoms with Gasteiger partial charge in [-0.2, -0.15) is 0 Å². The number of carbonyl (C=O) groups is 1. The van der Waals surface area contributed by atoms with Crippen molar-refractivity contribution in [2.75, 3.05) is 6.61 Å². The monoisotopic (exact) mass is 294 g/mol. The average molecular weight is 295 g/mol. The normalized spacial score (nSPS) is 10.4. The molecule has 2 aromatic carbocycles. The maximum atomic E-state index is 11.8. The molecule has 4 heteroatoms. The van der Waals surface area contributed by atoms with Crippen LogP contribution >= 0.6 is 23.2 Å². The molecule has 0 aromatic heterocycles. The highest BCUT2D eigenvalue weighted by molar-refractivity contribution is 6.31. The first-order valence-electron chi connectivity index (χ1n) is 5.76. The molecule has 2 rings (SSSR count). The van der Waals surface area contributed by atoms with E-state index in [1.54, 1.807) is 30.3 Å². The molecule has 0 spiro atoms. The van der Waals surface area contributed by atoms with Crippen LogP contribution in [0, 0.1) is 0 Å². The van der Waals surface area contributed by atoms with Crippen molar-refractivity contribution >= 4 is 29.0 Å². The van der Waals surface area contributed by atoms with Gasteiger partial charge in [0.2, 0.25) is 0 Å². The molecule has 2 nitrogen and oxygen atoms in total. The molecule has 0 fully saturated rings. The highest BCUT2D eigenvalue weighted by Crippen LogP contribution is 2.13. The standard InChI is InChI=1S/C15H12Cl2O2/c16-13-5-1-3-11(7-13)9-19-10-15(18)12-4-2-6-14(17)8-12/h1-8H,9-10H2. The third kappa shape index (κ3) is 4.35. The minimum atomic E-state index is -0.0930. The number of ketones is 1. The Morgan fingerprint density at radius 3 is 2.37 bits per heavy atom. The van der Waals surface area contributed by atoms with Gasteiger partial charge in [0.15, 0.2) is 5.78 Å². The molecule has 0 heterocycles. The largest absolute Gasteiger partial charge is 0.369 e. The Labute approximate surface area is 121 Å². The van der Waals surface area contributed by atoms with Gasteiger partial charge >= 0.3 is 0 Å². The zero-order valence-corrected chi connectivity index (χ0v) is 11.6. The fraction of sp³-hybridized carbons (Fsp3) is 0.133. The van der Waals surface area contributed by atoms with Crippen LogP contribution in [0.2, 0.25) is 10.0 Å². The lowest BCUT2D eigenvalue weighted by atomic mass is 10.1. The van der Waals surface area contributed by atoms with Crippen LogP contribution in [0.15, 0.2) is 48.5 Å². The van der Waals surface area contributed by atoms with Gasteiger partial charge in [-0.1, -0.05) is 47.5 Å². The van der Waals surface area contributed by atoms with Crippen LogP contribution in [-0.2, 0) is 11.3 Å². The summed E-state index contributed by atoms with van der Waals surface area (Å²) in [6, 6.07) is 14.2. The van der Waals surface area contributed by atoms with Crippen molar-refractivity contribution in [3.8, 4) is 0 Å². The number of carbonyl (C=O) groups excluding carboxylic acids is 1. The second kappa shape index (κ2) is 6.71. The first-order valence-corrected chi connectivity index (χ1v) is 6.52. The molecule has 0 aliphatic rings. The number of hydrogen-bond acceptors (Lipinski definition) is 2. The maximum Gasteiger partial charge on any atom is 0.188 e. The van der Waals surface area contributed by atoms with Gasteiger partial charge < -0.3 is 4.74 Å². The fourth-order valence-corrected chi connectivity index (χ4v) is 2.04. The maximum absolute atomic E-state index is 11.8. The molecule has 0 amide bonds. The average Bonchev–Trinajstić information content (AvgIpc) is 2.38. The van der Waals surface area contributed by atoms with E-state index >= 15 is 0 Å². The van der Waals surface area contributed by atoms with Crippen LogP contribution in [0.4, 0.5) is 0 Å². The summed E-state index contributed by atoms with van der Waals surface area (Å²) in [5.74, 6) is -0.0930. The Morgan fingerprint density at radius 1 is 1.00 bits per heavy atom. The lowest BCUT2D eigenvalue weighted by molar-refractivity contribution is 0.0726. The van der Waals surface area contributed by atoms with E-state index < -0.39 is 0 Å². The molecule has 0 saturated heterocycles. The SMILES string of the molecule is O=C(COCc1cccc(Cl)c1)c1cccc(Cl)c1. The molecule has 2 aromatic rings. The number of benzene rings is 2. The van der Waals surface area contributed by atoms with Gasteiger partial charge in [0, 0.05) is 15.6 Å². The minimum absolute atomic E-state index is 0.0207. The summed E-state index contributed by atoms with van der Waals surface area (Å²) in [5, 5.41) is 1.20. The van der Waals surface area contributed by atoms with E-state index in [1.165, 1.54) is 0 Å². The van der Waals surface area contributed by atoms with Crippen LogP contribution in [0.3, 0.4) is 0 Å². The molecule has 0 unspecified atom stereocenters. The van der Waals surface area contributed by atoms with E-state index in [0.29, 0.717) is 22.2 Å². The molecule has 0 bridgehead atoms. The first-order chi connectivity index (χ1) is 9.15. The number of halogens is 2. The van der Waals surface area contributed by atoms with Gasteiger partial charge in [0.1, 0.15) is 6.61 Å². The topological polar surface area (TPSA) is 26.3 Å². The highest BCUT2D eigenvalue weighted by Gasteiger charge is 2.06. The fourth-order valence-electron chi connectivity index (χ4n) is 1.63. The summed E-state index contributed by atoms with van der Waals surface area (Å²) in [5.41, 5.74) is 1.49. The van der Waals surface area contributed by atoms with E-state index in [-0.39, 0.29) is 12.4 Å². The molecule has 0 N–H and O–H groups in total. The zero-order valence-electron chi connectivity index (χ0n) is 10.1. The molecule has 0 saturated carbocycles. The molecule has 0 atom stereocenters. The van der Waals surface area contributed by atoms with Crippen LogP contribution in [0.5, 0.6) is 0 Å². The number of rotatable bonds is 5. The third-order valence-electron chi connectivity index (χ3n) is 2.54. The smallest absolute Gasteiger partial charge is 0.188 e. The predicted octanol–water partition coefficient (Wildman–Crippen LogP) is 4.39. The summed E-state index contributed by atoms with van der Waals surface area (Å²) in [6.07, 6.45) is 0. The van der Waals surface area contributed by atoms with Gasteiger partial charge in [0.25, 0.3) is 0 Å². The van der Waals surface area contributed by atoms with Gasteiger partial charge in [-0.3, -0.25) is 4.79 Å². The zero-order chi connectivity index (χ0) is 13.7.